The zero-order valence-corrected chi connectivity index (χ0v) is 10.7. The van der Waals surface area contributed by atoms with Crippen molar-refractivity contribution in [2.75, 3.05) is 0 Å². The maximum atomic E-state index is 9.03. The molecule has 0 bridgehead atoms. The molecule has 0 saturated carbocycles. The Morgan fingerprint density at radius 3 is 2.56 bits per heavy atom. The Kier molecular flexibility index (Phi) is 3.86. The molecule has 0 fully saturated rings. The number of hydrogen-bond donors (Lipinski definition) is 0. The number of aryl methyl sites for hydroxylation is 1. The fraction of sp³-hybridized carbons (Fsp3) is 0.133. The van der Waals surface area contributed by atoms with Crippen LogP contribution >= 0.6 is 11.6 Å². The smallest absolute Gasteiger partial charge is 0.137 e. The minimum atomic E-state index is 0.426. The first-order valence-electron chi connectivity index (χ1n) is 5.57. The van der Waals surface area contributed by atoms with Crippen LogP contribution in [-0.2, 0) is 6.61 Å². The van der Waals surface area contributed by atoms with Crippen LogP contribution in [0.2, 0.25) is 5.02 Å². The van der Waals surface area contributed by atoms with Crippen molar-refractivity contribution in [3.8, 4) is 11.8 Å². The lowest BCUT2D eigenvalue weighted by molar-refractivity contribution is 0.305. The van der Waals surface area contributed by atoms with E-state index in [4.69, 9.17) is 21.6 Å². The number of rotatable bonds is 3. The van der Waals surface area contributed by atoms with Crippen LogP contribution in [0.3, 0.4) is 0 Å². The van der Waals surface area contributed by atoms with E-state index >= 15 is 0 Å². The second-order valence-corrected chi connectivity index (χ2v) is 4.46. The zero-order chi connectivity index (χ0) is 13.0. The highest BCUT2D eigenvalue weighted by molar-refractivity contribution is 6.30. The molecule has 0 aromatic heterocycles. The van der Waals surface area contributed by atoms with Gasteiger partial charge in [-0.3, -0.25) is 0 Å². The van der Waals surface area contributed by atoms with Gasteiger partial charge in [-0.15, -0.1) is 0 Å². The summed E-state index contributed by atoms with van der Waals surface area (Å²) in [7, 11) is 0. The quantitative estimate of drug-likeness (QED) is 0.829. The molecule has 0 heterocycles. The molecule has 18 heavy (non-hydrogen) atoms. The molecule has 0 spiro atoms. The lowest BCUT2D eigenvalue weighted by atomic mass is 10.1. The van der Waals surface area contributed by atoms with E-state index in [0.29, 0.717) is 22.9 Å². The molecule has 0 unspecified atom stereocenters. The number of hydrogen-bond acceptors (Lipinski definition) is 2. The van der Waals surface area contributed by atoms with E-state index in [0.717, 1.165) is 11.1 Å². The van der Waals surface area contributed by atoms with Crippen LogP contribution in [0, 0.1) is 18.3 Å². The predicted molar refractivity (Wildman–Crippen MR) is 71.7 cm³/mol. The molecule has 0 N–H and O–H groups in total. The first-order valence-corrected chi connectivity index (χ1v) is 5.95. The third-order valence-electron chi connectivity index (χ3n) is 2.56. The van der Waals surface area contributed by atoms with Gasteiger partial charge in [-0.1, -0.05) is 29.8 Å². The highest BCUT2D eigenvalue weighted by Crippen LogP contribution is 2.20. The first-order chi connectivity index (χ1) is 8.69. The summed E-state index contributed by atoms with van der Waals surface area (Å²) in [6.07, 6.45) is 0. The normalized spacial score (nSPS) is 9.83. The molecule has 90 valence electrons. The molecule has 0 saturated heterocycles. The van der Waals surface area contributed by atoms with Crippen molar-refractivity contribution in [2.24, 2.45) is 0 Å². The minimum absolute atomic E-state index is 0.426. The van der Waals surface area contributed by atoms with Gasteiger partial charge in [0.2, 0.25) is 0 Å². The molecule has 2 nitrogen and oxygen atoms in total. The van der Waals surface area contributed by atoms with Gasteiger partial charge < -0.3 is 4.74 Å². The largest absolute Gasteiger partial charge is 0.488 e. The van der Waals surface area contributed by atoms with Crippen LogP contribution in [0.1, 0.15) is 16.7 Å². The van der Waals surface area contributed by atoms with Crippen LogP contribution in [0.15, 0.2) is 42.5 Å². The molecule has 0 radical (unpaired) electrons. The van der Waals surface area contributed by atoms with Gasteiger partial charge in [0.05, 0.1) is 5.56 Å². The van der Waals surface area contributed by atoms with Crippen LogP contribution < -0.4 is 4.74 Å². The van der Waals surface area contributed by atoms with Crippen LogP contribution in [0.5, 0.6) is 5.75 Å². The summed E-state index contributed by atoms with van der Waals surface area (Å²) in [5.74, 6) is 0.609. The van der Waals surface area contributed by atoms with E-state index in [1.807, 2.05) is 49.4 Å². The minimum Gasteiger partial charge on any atom is -0.488 e. The summed E-state index contributed by atoms with van der Waals surface area (Å²) in [5.41, 5.74) is 2.62. The van der Waals surface area contributed by atoms with Gasteiger partial charge in [-0.05, 0) is 42.3 Å². The number of nitriles is 1. The fourth-order valence-electron chi connectivity index (χ4n) is 1.60. The lowest BCUT2D eigenvalue weighted by Crippen LogP contribution is -1.97. The Balaban J connectivity index is 2.11. The van der Waals surface area contributed by atoms with Crippen LogP contribution in [-0.4, -0.2) is 0 Å². The first kappa shape index (κ1) is 12.5. The average Bonchev–Trinajstić information content (AvgIpc) is 2.39. The average molecular weight is 258 g/mol. The second kappa shape index (κ2) is 5.57. The van der Waals surface area contributed by atoms with E-state index in [2.05, 4.69) is 6.07 Å². The van der Waals surface area contributed by atoms with Crippen LogP contribution in [0.4, 0.5) is 0 Å². The van der Waals surface area contributed by atoms with Gasteiger partial charge in [0.25, 0.3) is 0 Å². The van der Waals surface area contributed by atoms with Crippen molar-refractivity contribution >= 4 is 11.6 Å². The molecule has 0 aliphatic rings. The van der Waals surface area contributed by atoms with E-state index in [9.17, 15) is 0 Å². The molecule has 3 heteroatoms. The molecule has 0 amide bonds. The summed E-state index contributed by atoms with van der Waals surface area (Å²) < 4.78 is 5.64. The van der Waals surface area contributed by atoms with Crippen molar-refractivity contribution in [1.82, 2.24) is 0 Å². The van der Waals surface area contributed by atoms with E-state index in [-0.39, 0.29) is 0 Å². The molecular weight excluding hydrogens is 246 g/mol. The third-order valence-corrected chi connectivity index (χ3v) is 2.82. The Hall–Kier alpha value is -1.98. The molecule has 2 aromatic carbocycles. The van der Waals surface area contributed by atoms with Gasteiger partial charge in [-0.2, -0.15) is 5.26 Å². The van der Waals surface area contributed by atoms with Gasteiger partial charge in [-0.25, -0.2) is 0 Å². The molecular formula is C15H12ClNO. The fourth-order valence-corrected chi connectivity index (χ4v) is 1.72. The van der Waals surface area contributed by atoms with E-state index < -0.39 is 0 Å². The number of nitrogens with zero attached hydrogens (tertiary/aromatic N) is 1. The lowest BCUT2D eigenvalue weighted by Gasteiger charge is -2.08. The maximum absolute atomic E-state index is 9.03. The highest BCUT2D eigenvalue weighted by atomic mass is 35.5. The van der Waals surface area contributed by atoms with E-state index in [1.165, 1.54) is 0 Å². The van der Waals surface area contributed by atoms with Crippen molar-refractivity contribution in [3.63, 3.8) is 0 Å². The summed E-state index contributed by atoms with van der Waals surface area (Å²) in [5, 5.41) is 9.73. The summed E-state index contributed by atoms with van der Waals surface area (Å²) in [6.45, 7) is 2.37. The highest BCUT2D eigenvalue weighted by Gasteiger charge is 2.03. The monoisotopic (exact) mass is 257 g/mol. The van der Waals surface area contributed by atoms with Gasteiger partial charge in [0, 0.05) is 5.02 Å². The SMILES string of the molecule is Cc1ccc(OCc2ccc(Cl)cc2)c(C#N)c1. The van der Waals surface area contributed by atoms with Gasteiger partial charge in [0.15, 0.2) is 0 Å². The molecule has 0 atom stereocenters. The number of halogens is 1. The van der Waals surface area contributed by atoms with Crippen molar-refractivity contribution in [2.45, 2.75) is 13.5 Å². The summed E-state index contributed by atoms with van der Waals surface area (Å²) in [6, 6.07) is 15.2. The van der Waals surface area contributed by atoms with Crippen molar-refractivity contribution < 1.29 is 4.74 Å². The molecule has 0 aliphatic carbocycles. The van der Waals surface area contributed by atoms with Crippen LogP contribution in [0.25, 0.3) is 0 Å². The van der Waals surface area contributed by atoms with E-state index in [1.54, 1.807) is 0 Å². The Labute approximate surface area is 111 Å². The topological polar surface area (TPSA) is 33.0 Å². The van der Waals surface area contributed by atoms with Gasteiger partial charge in [0.1, 0.15) is 18.4 Å². The second-order valence-electron chi connectivity index (χ2n) is 4.03. The Morgan fingerprint density at radius 2 is 1.89 bits per heavy atom. The summed E-state index contributed by atoms with van der Waals surface area (Å²) in [4.78, 5) is 0. The zero-order valence-electron chi connectivity index (χ0n) is 9.98. The third kappa shape index (κ3) is 3.03. The Bertz CT molecular complexity index is 584. The standard InChI is InChI=1S/C15H12ClNO/c1-11-2-7-15(13(8-11)9-17)18-10-12-3-5-14(16)6-4-12/h2-8H,10H2,1H3. The van der Waals surface area contributed by atoms with Crippen molar-refractivity contribution in [3.05, 3.63) is 64.2 Å². The predicted octanol–water partition coefficient (Wildman–Crippen LogP) is 4.10. The molecule has 0 aliphatic heterocycles. The number of benzene rings is 2. The Morgan fingerprint density at radius 1 is 1.17 bits per heavy atom. The van der Waals surface area contributed by atoms with Crippen molar-refractivity contribution in [1.29, 1.82) is 5.26 Å². The number of ether oxygens (including phenoxy) is 1. The summed E-state index contributed by atoms with van der Waals surface area (Å²) >= 11 is 5.81. The van der Waals surface area contributed by atoms with Gasteiger partial charge >= 0.3 is 0 Å². The maximum Gasteiger partial charge on any atom is 0.137 e. The molecule has 2 rings (SSSR count). The molecule has 2 aromatic rings.